The zero-order valence-electron chi connectivity index (χ0n) is 19.1. The van der Waals surface area contributed by atoms with Crippen LogP contribution in [0.4, 0.5) is 27.8 Å². The van der Waals surface area contributed by atoms with E-state index in [1.807, 2.05) is 0 Å². The van der Waals surface area contributed by atoms with E-state index in [0.717, 1.165) is 12.1 Å². The average molecular weight is 500 g/mol. The number of aryl methyl sites for hydroxylation is 1. The maximum atomic E-state index is 13.3. The number of nitrogens with zero attached hydrogens (tertiary/aromatic N) is 2. The van der Waals surface area contributed by atoms with Gasteiger partial charge < -0.3 is 20.1 Å². The monoisotopic (exact) mass is 500 g/mol. The van der Waals surface area contributed by atoms with Crippen molar-refractivity contribution in [3.05, 3.63) is 52.5 Å². The summed E-state index contributed by atoms with van der Waals surface area (Å²) in [5.74, 6) is -0.118. The molecule has 1 unspecified atom stereocenters. The Bertz CT molecular complexity index is 1090. The standard InChI is InChI=1S/C23H25F5N4O3/c1-12(14-4-3-5-15(10-14)23(26,27)28)29-19-18(20-34-8-9-35-20)16(30-13(2)31-19)11-17(33)32-22(6-7-22)21(24)25/h3-5,10,12,20-21H,6-9,11H2,1-2H3,(H,32,33)(H,29,30,31). The van der Waals surface area contributed by atoms with E-state index in [1.54, 1.807) is 19.9 Å². The Kier molecular flexibility index (Phi) is 6.96. The van der Waals surface area contributed by atoms with Crippen LogP contribution in [0.25, 0.3) is 0 Å². The lowest BCUT2D eigenvalue weighted by atomic mass is 10.0. The van der Waals surface area contributed by atoms with Gasteiger partial charge in [-0.2, -0.15) is 13.2 Å². The van der Waals surface area contributed by atoms with E-state index in [-0.39, 0.29) is 49.8 Å². The topological polar surface area (TPSA) is 85.4 Å². The molecule has 4 rings (SSSR count). The Labute approximate surface area is 198 Å². The van der Waals surface area contributed by atoms with Gasteiger partial charge in [-0.15, -0.1) is 0 Å². The van der Waals surface area contributed by atoms with E-state index in [4.69, 9.17) is 9.47 Å². The molecule has 0 radical (unpaired) electrons. The third-order valence-corrected chi connectivity index (χ3v) is 5.98. The van der Waals surface area contributed by atoms with Gasteiger partial charge in [-0.05, 0) is 44.4 Å². The van der Waals surface area contributed by atoms with Crippen LogP contribution in [-0.2, 0) is 26.9 Å². The van der Waals surface area contributed by atoms with Gasteiger partial charge in [0.2, 0.25) is 5.91 Å². The molecular weight excluding hydrogens is 475 g/mol. The summed E-state index contributed by atoms with van der Waals surface area (Å²) < 4.78 is 77.3. The minimum Gasteiger partial charge on any atom is -0.363 e. The Morgan fingerprint density at radius 2 is 1.89 bits per heavy atom. The number of carbonyl (C=O) groups excluding carboxylic acids is 1. The number of ether oxygens (including phenoxy) is 2. The first kappa shape index (κ1) is 25.2. The number of amides is 1. The van der Waals surface area contributed by atoms with Crippen molar-refractivity contribution in [3.63, 3.8) is 0 Å². The molecule has 0 spiro atoms. The van der Waals surface area contributed by atoms with Crippen molar-refractivity contribution in [2.75, 3.05) is 18.5 Å². The number of nitrogens with one attached hydrogen (secondary N) is 2. The van der Waals surface area contributed by atoms with E-state index in [9.17, 15) is 26.7 Å². The van der Waals surface area contributed by atoms with Crippen molar-refractivity contribution in [2.45, 2.75) is 63.6 Å². The molecule has 1 aromatic carbocycles. The van der Waals surface area contributed by atoms with Gasteiger partial charge in [0.15, 0.2) is 6.29 Å². The normalized spacial score (nSPS) is 18.5. The number of hydrogen-bond acceptors (Lipinski definition) is 6. The molecule has 2 aromatic rings. The summed E-state index contributed by atoms with van der Waals surface area (Å²) in [5, 5.41) is 5.49. The highest BCUT2D eigenvalue weighted by atomic mass is 19.4. The van der Waals surface area contributed by atoms with Gasteiger partial charge in [-0.3, -0.25) is 4.79 Å². The summed E-state index contributed by atoms with van der Waals surface area (Å²) in [7, 11) is 0. The molecule has 12 heteroatoms. The van der Waals surface area contributed by atoms with Crippen molar-refractivity contribution >= 4 is 11.7 Å². The number of halogens is 5. The zero-order valence-corrected chi connectivity index (χ0v) is 19.1. The molecule has 2 N–H and O–H groups in total. The highest BCUT2D eigenvalue weighted by Gasteiger charge is 2.52. The molecule has 1 aliphatic heterocycles. The summed E-state index contributed by atoms with van der Waals surface area (Å²) in [6.07, 6.45) is -8.01. The van der Waals surface area contributed by atoms with E-state index >= 15 is 0 Å². The van der Waals surface area contributed by atoms with Crippen molar-refractivity contribution in [2.24, 2.45) is 0 Å². The van der Waals surface area contributed by atoms with Crippen LogP contribution in [0.2, 0.25) is 0 Å². The molecule has 0 bridgehead atoms. The molecule has 1 aromatic heterocycles. The third kappa shape index (κ3) is 5.69. The molecule has 2 heterocycles. The summed E-state index contributed by atoms with van der Waals surface area (Å²) in [6.45, 7) is 3.81. The number of carbonyl (C=O) groups is 1. The van der Waals surface area contributed by atoms with E-state index < -0.39 is 41.9 Å². The van der Waals surface area contributed by atoms with Crippen LogP contribution in [-0.4, -0.2) is 41.1 Å². The third-order valence-electron chi connectivity index (χ3n) is 5.98. The Hall–Kier alpha value is -2.86. The van der Waals surface area contributed by atoms with Crippen molar-refractivity contribution in [3.8, 4) is 0 Å². The lowest BCUT2D eigenvalue weighted by Crippen LogP contribution is -2.43. The Balaban J connectivity index is 1.63. The minimum atomic E-state index is -4.49. The van der Waals surface area contributed by atoms with Gasteiger partial charge in [0.1, 0.15) is 17.2 Å². The largest absolute Gasteiger partial charge is 0.416 e. The van der Waals surface area contributed by atoms with Gasteiger partial charge in [0.05, 0.1) is 36.5 Å². The van der Waals surface area contributed by atoms with Crippen LogP contribution in [0, 0.1) is 6.92 Å². The van der Waals surface area contributed by atoms with Crippen LogP contribution in [0.1, 0.15) is 60.3 Å². The minimum absolute atomic E-state index is 0.197. The first-order valence-electron chi connectivity index (χ1n) is 11.1. The first-order chi connectivity index (χ1) is 16.5. The predicted molar refractivity (Wildman–Crippen MR) is 115 cm³/mol. The SMILES string of the molecule is Cc1nc(CC(=O)NC2(C(F)F)CC2)c(C2OCCO2)c(NC(C)c2cccc(C(F)(F)F)c2)n1. The van der Waals surface area contributed by atoms with Crippen molar-refractivity contribution < 1.29 is 36.2 Å². The highest BCUT2D eigenvalue weighted by molar-refractivity contribution is 5.80. The van der Waals surface area contributed by atoms with E-state index in [0.29, 0.717) is 11.1 Å². The van der Waals surface area contributed by atoms with Gasteiger partial charge >= 0.3 is 6.18 Å². The van der Waals surface area contributed by atoms with Crippen LogP contribution in [0.5, 0.6) is 0 Å². The summed E-state index contributed by atoms with van der Waals surface area (Å²) >= 11 is 0. The molecule has 7 nitrogen and oxygen atoms in total. The van der Waals surface area contributed by atoms with Crippen LogP contribution in [0.15, 0.2) is 24.3 Å². The number of anilines is 1. The predicted octanol–water partition coefficient (Wildman–Crippen LogP) is 4.48. The van der Waals surface area contributed by atoms with Crippen molar-refractivity contribution in [1.29, 1.82) is 0 Å². The highest BCUT2D eigenvalue weighted by Crippen LogP contribution is 2.41. The quantitative estimate of drug-likeness (QED) is 0.520. The molecule has 2 fully saturated rings. The zero-order chi connectivity index (χ0) is 25.4. The van der Waals surface area contributed by atoms with Crippen LogP contribution >= 0.6 is 0 Å². The van der Waals surface area contributed by atoms with Gasteiger partial charge in [0, 0.05) is 6.04 Å². The lowest BCUT2D eigenvalue weighted by Gasteiger charge is -2.23. The fraction of sp³-hybridized carbons (Fsp3) is 0.522. The summed E-state index contributed by atoms with van der Waals surface area (Å²) in [6, 6.07) is 4.29. The molecule has 190 valence electrons. The van der Waals surface area contributed by atoms with Crippen LogP contribution in [0.3, 0.4) is 0 Å². The fourth-order valence-electron chi connectivity index (χ4n) is 3.94. The van der Waals surface area contributed by atoms with E-state index in [1.165, 1.54) is 6.07 Å². The molecule has 1 saturated carbocycles. The number of aromatic nitrogens is 2. The van der Waals surface area contributed by atoms with Gasteiger partial charge in [0.25, 0.3) is 6.43 Å². The smallest absolute Gasteiger partial charge is 0.363 e. The molecule has 2 aliphatic rings. The Morgan fingerprint density at radius 3 is 2.49 bits per heavy atom. The second-order valence-electron chi connectivity index (χ2n) is 8.72. The van der Waals surface area contributed by atoms with Gasteiger partial charge in [-0.25, -0.2) is 18.7 Å². The Morgan fingerprint density at radius 1 is 1.20 bits per heavy atom. The number of hydrogen-bond donors (Lipinski definition) is 2. The number of rotatable bonds is 8. The lowest BCUT2D eigenvalue weighted by molar-refractivity contribution is -0.137. The molecule has 1 atom stereocenters. The maximum absolute atomic E-state index is 13.3. The molecule has 35 heavy (non-hydrogen) atoms. The van der Waals surface area contributed by atoms with Gasteiger partial charge in [-0.1, -0.05) is 12.1 Å². The van der Waals surface area contributed by atoms with Crippen LogP contribution < -0.4 is 10.6 Å². The fourth-order valence-corrected chi connectivity index (χ4v) is 3.94. The summed E-state index contributed by atoms with van der Waals surface area (Å²) in [5.41, 5.74) is -1.38. The molecular formula is C23H25F5N4O3. The summed E-state index contributed by atoms with van der Waals surface area (Å²) in [4.78, 5) is 21.3. The number of benzene rings is 1. The average Bonchev–Trinajstić information content (AvgIpc) is 3.36. The molecule has 1 aliphatic carbocycles. The second-order valence-corrected chi connectivity index (χ2v) is 8.72. The molecule has 1 amide bonds. The molecule has 1 saturated heterocycles. The van der Waals surface area contributed by atoms with E-state index in [2.05, 4.69) is 20.6 Å². The van der Waals surface area contributed by atoms with Crippen molar-refractivity contribution in [1.82, 2.24) is 15.3 Å². The number of alkyl halides is 5. The maximum Gasteiger partial charge on any atom is 0.416 e. The second kappa shape index (κ2) is 9.65. The first-order valence-corrected chi connectivity index (χ1v) is 11.1.